The molecule has 31 heavy (non-hydrogen) atoms. The van der Waals surface area contributed by atoms with E-state index in [9.17, 15) is 13.2 Å². The fraction of sp³-hybridized carbons (Fsp3) is 0.348. The number of hydrogen-bond donors (Lipinski definition) is 0. The number of halogens is 2. The van der Waals surface area contributed by atoms with Crippen LogP contribution in [0.1, 0.15) is 24.0 Å². The van der Waals surface area contributed by atoms with Gasteiger partial charge >= 0.3 is 0 Å². The molecule has 0 aromatic heterocycles. The largest absolute Gasteiger partial charge is 0.327 e. The molecule has 5 nitrogen and oxygen atoms in total. The van der Waals surface area contributed by atoms with Crippen LogP contribution in [0.2, 0.25) is 10.0 Å². The maximum Gasteiger partial charge on any atom is 0.244 e. The lowest BCUT2D eigenvalue weighted by molar-refractivity contribution is -0.136. The van der Waals surface area contributed by atoms with Gasteiger partial charge in [-0.1, -0.05) is 59.0 Å². The van der Waals surface area contributed by atoms with E-state index in [0.29, 0.717) is 24.4 Å². The highest BCUT2D eigenvalue weighted by atomic mass is 35.5. The van der Waals surface area contributed by atoms with Crippen molar-refractivity contribution in [1.29, 1.82) is 0 Å². The van der Waals surface area contributed by atoms with Crippen LogP contribution in [0, 0.1) is 25.2 Å². The van der Waals surface area contributed by atoms with Crippen molar-refractivity contribution in [2.45, 2.75) is 31.2 Å². The first-order valence-electron chi connectivity index (χ1n) is 9.95. The predicted octanol–water partition coefficient (Wildman–Crippen LogP) is 4.36. The highest BCUT2D eigenvalue weighted by Crippen LogP contribution is 2.31. The number of nitrogens with zero attached hydrogens (tertiary/aromatic N) is 2. The number of sulfonamides is 1. The van der Waals surface area contributed by atoms with Gasteiger partial charge < -0.3 is 4.90 Å². The van der Waals surface area contributed by atoms with Crippen molar-refractivity contribution in [3.05, 3.63) is 63.6 Å². The first-order chi connectivity index (χ1) is 14.7. The Morgan fingerprint density at radius 1 is 1.16 bits per heavy atom. The standard InChI is InChI=1S/C23H24Cl2N2O3S/c1-3-12-26(16-18-6-4-17(2)5-7-18)23(28)19-10-13-27(14-11-19)31(29,30)22-15-20(24)8-9-21(22)25/h1,4-9,15,19H,10-14,16H2,2H3. The smallest absolute Gasteiger partial charge is 0.244 e. The number of carbonyl (C=O) groups is 1. The Hall–Kier alpha value is -2.04. The van der Waals surface area contributed by atoms with Crippen LogP contribution in [-0.2, 0) is 21.4 Å². The molecule has 0 N–H and O–H groups in total. The number of aryl methyl sites for hydroxylation is 1. The van der Waals surface area contributed by atoms with Crippen molar-refractivity contribution < 1.29 is 13.2 Å². The maximum atomic E-state index is 13.1. The lowest BCUT2D eigenvalue weighted by Gasteiger charge is -2.33. The Kier molecular flexibility index (Phi) is 7.66. The van der Waals surface area contributed by atoms with E-state index >= 15 is 0 Å². The summed E-state index contributed by atoms with van der Waals surface area (Å²) in [5, 5.41) is 0.426. The van der Waals surface area contributed by atoms with Crippen LogP contribution in [0.15, 0.2) is 47.4 Å². The molecule has 1 aliphatic heterocycles. The molecule has 0 atom stereocenters. The molecule has 1 amide bonds. The van der Waals surface area contributed by atoms with E-state index in [4.69, 9.17) is 29.6 Å². The van der Waals surface area contributed by atoms with Gasteiger partial charge in [0, 0.05) is 30.6 Å². The third kappa shape index (κ3) is 5.61. The zero-order valence-corrected chi connectivity index (χ0v) is 19.6. The summed E-state index contributed by atoms with van der Waals surface area (Å²) in [5.74, 6) is 2.23. The second kappa shape index (κ2) is 10.1. The van der Waals surface area contributed by atoms with Crippen LogP contribution in [0.25, 0.3) is 0 Å². The maximum absolute atomic E-state index is 13.1. The first-order valence-corrected chi connectivity index (χ1v) is 12.1. The summed E-state index contributed by atoms with van der Waals surface area (Å²) >= 11 is 12.1. The average molecular weight is 479 g/mol. The van der Waals surface area contributed by atoms with E-state index in [1.165, 1.54) is 16.4 Å². The lowest BCUT2D eigenvalue weighted by Crippen LogP contribution is -2.44. The molecule has 164 valence electrons. The van der Waals surface area contributed by atoms with E-state index in [2.05, 4.69) is 5.92 Å². The first kappa shape index (κ1) is 23.6. The Labute approximate surface area is 194 Å². The number of benzene rings is 2. The third-order valence-electron chi connectivity index (χ3n) is 5.40. The summed E-state index contributed by atoms with van der Waals surface area (Å²) in [7, 11) is -3.79. The molecule has 0 aliphatic carbocycles. The van der Waals surface area contributed by atoms with E-state index < -0.39 is 10.0 Å². The molecule has 0 bridgehead atoms. The summed E-state index contributed by atoms with van der Waals surface area (Å²) in [6.07, 6.45) is 6.33. The van der Waals surface area contributed by atoms with Gasteiger partial charge in [0.1, 0.15) is 4.90 Å². The molecule has 1 heterocycles. The van der Waals surface area contributed by atoms with Crippen molar-refractivity contribution in [3.8, 4) is 12.3 Å². The second-order valence-electron chi connectivity index (χ2n) is 7.64. The van der Waals surface area contributed by atoms with Gasteiger partial charge in [-0.15, -0.1) is 6.42 Å². The molecule has 0 unspecified atom stereocenters. The third-order valence-corrected chi connectivity index (χ3v) is 8.02. The van der Waals surface area contributed by atoms with Crippen LogP contribution in [0.3, 0.4) is 0 Å². The molecule has 0 saturated carbocycles. The number of carbonyl (C=O) groups excluding carboxylic acids is 1. The molecule has 1 aliphatic rings. The van der Waals surface area contributed by atoms with Crippen molar-refractivity contribution in [2.75, 3.05) is 19.6 Å². The van der Waals surface area contributed by atoms with Gasteiger partial charge in [0.25, 0.3) is 0 Å². The fourth-order valence-electron chi connectivity index (χ4n) is 3.65. The molecule has 1 fully saturated rings. The molecule has 0 radical (unpaired) electrons. The molecule has 3 rings (SSSR count). The molecule has 2 aromatic carbocycles. The van der Waals surface area contributed by atoms with Gasteiger partial charge in [0.2, 0.25) is 15.9 Å². The number of rotatable bonds is 6. The normalized spacial score (nSPS) is 15.4. The highest BCUT2D eigenvalue weighted by Gasteiger charge is 2.34. The summed E-state index contributed by atoms with van der Waals surface area (Å²) in [4.78, 5) is 14.8. The summed E-state index contributed by atoms with van der Waals surface area (Å²) in [6, 6.07) is 12.3. The van der Waals surface area contributed by atoms with Gasteiger partial charge in [-0.3, -0.25) is 4.79 Å². The quantitative estimate of drug-likeness (QED) is 0.579. The number of terminal acetylenes is 1. The summed E-state index contributed by atoms with van der Waals surface area (Å²) in [6.45, 7) is 3.11. The Bertz CT molecular complexity index is 1090. The van der Waals surface area contributed by atoms with Gasteiger partial charge in [-0.25, -0.2) is 8.42 Å². The number of hydrogen-bond acceptors (Lipinski definition) is 3. The predicted molar refractivity (Wildman–Crippen MR) is 123 cm³/mol. The SMILES string of the molecule is C#CCN(Cc1ccc(C)cc1)C(=O)C1CCN(S(=O)(=O)c2cc(Cl)ccc2Cl)CC1. The van der Waals surface area contributed by atoms with Crippen molar-refractivity contribution in [1.82, 2.24) is 9.21 Å². The lowest BCUT2D eigenvalue weighted by atomic mass is 9.96. The number of piperidine rings is 1. The molecule has 2 aromatic rings. The minimum absolute atomic E-state index is 0.0141. The molecular weight excluding hydrogens is 455 g/mol. The Balaban J connectivity index is 1.68. The fourth-order valence-corrected chi connectivity index (χ4v) is 5.86. The van der Waals surface area contributed by atoms with Gasteiger partial charge in [-0.05, 0) is 43.5 Å². The van der Waals surface area contributed by atoms with Crippen molar-refractivity contribution >= 4 is 39.1 Å². The van der Waals surface area contributed by atoms with Crippen molar-refractivity contribution in [2.24, 2.45) is 5.92 Å². The van der Waals surface area contributed by atoms with Crippen LogP contribution in [0.4, 0.5) is 0 Å². The molecular formula is C23H24Cl2N2O3S. The van der Waals surface area contributed by atoms with Crippen LogP contribution in [0.5, 0.6) is 0 Å². The minimum Gasteiger partial charge on any atom is -0.327 e. The monoisotopic (exact) mass is 478 g/mol. The van der Waals surface area contributed by atoms with E-state index in [-0.39, 0.29) is 41.4 Å². The topological polar surface area (TPSA) is 57.7 Å². The highest BCUT2D eigenvalue weighted by molar-refractivity contribution is 7.89. The molecule has 0 spiro atoms. The zero-order valence-electron chi connectivity index (χ0n) is 17.2. The van der Waals surface area contributed by atoms with Gasteiger partial charge in [0.15, 0.2) is 0 Å². The zero-order chi connectivity index (χ0) is 22.6. The second-order valence-corrected chi connectivity index (χ2v) is 10.4. The van der Waals surface area contributed by atoms with Crippen LogP contribution >= 0.6 is 23.2 Å². The minimum atomic E-state index is -3.79. The van der Waals surface area contributed by atoms with Gasteiger partial charge in [-0.2, -0.15) is 4.31 Å². The van der Waals surface area contributed by atoms with Crippen molar-refractivity contribution in [3.63, 3.8) is 0 Å². The summed E-state index contributed by atoms with van der Waals surface area (Å²) in [5.41, 5.74) is 2.15. The van der Waals surface area contributed by atoms with Crippen LogP contribution < -0.4 is 0 Å². The summed E-state index contributed by atoms with van der Waals surface area (Å²) < 4.78 is 27.4. The average Bonchev–Trinajstić information content (AvgIpc) is 2.76. The van der Waals surface area contributed by atoms with E-state index in [1.54, 1.807) is 11.0 Å². The molecule has 8 heteroatoms. The van der Waals surface area contributed by atoms with E-state index in [1.807, 2.05) is 31.2 Å². The van der Waals surface area contributed by atoms with Crippen LogP contribution in [-0.4, -0.2) is 43.2 Å². The van der Waals surface area contributed by atoms with Gasteiger partial charge in [0.05, 0.1) is 11.6 Å². The Morgan fingerprint density at radius 3 is 2.42 bits per heavy atom. The molecule has 1 saturated heterocycles. The van der Waals surface area contributed by atoms with E-state index in [0.717, 1.165) is 11.1 Å². The Morgan fingerprint density at radius 2 is 1.81 bits per heavy atom. The number of amides is 1.